The number of hydrogen-bond donors (Lipinski definition) is 1. The van der Waals surface area contributed by atoms with Crippen LogP contribution in [0.25, 0.3) is 0 Å². The number of rotatable bonds is 2. The van der Waals surface area contributed by atoms with Gasteiger partial charge in [-0.3, -0.25) is 4.79 Å². The summed E-state index contributed by atoms with van der Waals surface area (Å²) in [6.45, 7) is 0. The summed E-state index contributed by atoms with van der Waals surface area (Å²) < 4.78 is 0. The van der Waals surface area contributed by atoms with Crippen LogP contribution in [-0.2, 0) is 4.79 Å². The van der Waals surface area contributed by atoms with E-state index in [4.69, 9.17) is 5.21 Å². The van der Waals surface area contributed by atoms with Crippen LogP contribution in [-0.4, -0.2) is 17.3 Å². The number of amides is 1. The number of thiophene rings is 1. The Bertz CT molecular complexity index is 256. The summed E-state index contributed by atoms with van der Waals surface area (Å²) in [6, 6.07) is 3.49. The molecule has 0 saturated heterocycles. The molecule has 1 N–H and O–H groups in total. The molecule has 0 fully saturated rings. The maximum atomic E-state index is 10.6. The number of carbonyl (C=O) groups excluding carboxylic acids is 1. The predicted molar refractivity (Wildman–Crippen MR) is 41.4 cm³/mol. The van der Waals surface area contributed by atoms with Crippen LogP contribution in [0.5, 0.6) is 0 Å². The summed E-state index contributed by atoms with van der Waals surface area (Å²) in [5, 5.41) is 16.5. The standard InChI is InChI=1S/C6H5N2O2S/c9-5(4-7-10)8-6-2-1-3-11-6/h1-4,10H. The van der Waals surface area contributed by atoms with E-state index < -0.39 is 5.91 Å². The Morgan fingerprint density at radius 1 is 1.73 bits per heavy atom. The summed E-state index contributed by atoms with van der Waals surface area (Å²) in [4.78, 5) is 10.6. The smallest absolute Gasteiger partial charge is 0.292 e. The van der Waals surface area contributed by atoms with E-state index in [1.165, 1.54) is 11.3 Å². The molecule has 1 aromatic rings. The van der Waals surface area contributed by atoms with Crippen molar-refractivity contribution < 1.29 is 10.0 Å². The zero-order valence-electron chi connectivity index (χ0n) is 5.47. The van der Waals surface area contributed by atoms with Crippen molar-refractivity contribution in [2.75, 3.05) is 0 Å². The van der Waals surface area contributed by atoms with Crippen LogP contribution in [0.2, 0.25) is 0 Å². The third-order valence-electron chi connectivity index (χ3n) is 0.895. The van der Waals surface area contributed by atoms with Gasteiger partial charge in [0.05, 0.1) is 0 Å². The Morgan fingerprint density at radius 3 is 3.09 bits per heavy atom. The molecule has 0 aromatic carbocycles. The molecule has 1 rings (SSSR count). The van der Waals surface area contributed by atoms with E-state index in [0.29, 0.717) is 5.00 Å². The molecule has 0 aliphatic rings. The van der Waals surface area contributed by atoms with Gasteiger partial charge in [0, 0.05) is 0 Å². The first-order valence-corrected chi connectivity index (χ1v) is 3.67. The summed E-state index contributed by atoms with van der Waals surface area (Å²) >= 11 is 1.35. The summed E-state index contributed by atoms with van der Waals surface area (Å²) in [5.41, 5.74) is 0. The lowest BCUT2D eigenvalue weighted by Gasteiger charge is -1.88. The van der Waals surface area contributed by atoms with Crippen molar-refractivity contribution in [3.63, 3.8) is 0 Å². The van der Waals surface area contributed by atoms with Gasteiger partial charge in [0.15, 0.2) is 0 Å². The molecule has 1 heterocycles. The molecule has 11 heavy (non-hydrogen) atoms. The number of carbonyl (C=O) groups is 1. The molecule has 57 valence electrons. The van der Waals surface area contributed by atoms with Gasteiger partial charge in [-0.25, -0.2) is 0 Å². The fourth-order valence-electron chi connectivity index (χ4n) is 0.520. The molecule has 4 nitrogen and oxygen atoms in total. The van der Waals surface area contributed by atoms with Crippen LogP contribution in [0.1, 0.15) is 0 Å². The minimum absolute atomic E-state index is 0.560. The quantitative estimate of drug-likeness (QED) is 0.407. The summed E-state index contributed by atoms with van der Waals surface area (Å²) in [5.74, 6) is -0.560. The molecule has 0 aliphatic carbocycles. The topological polar surface area (TPSA) is 63.8 Å². The van der Waals surface area contributed by atoms with Gasteiger partial charge >= 0.3 is 0 Å². The molecular formula is C6H5N2O2S. The molecular weight excluding hydrogens is 164 g/mol. The minimum atomic E-state index is -0.560. The maximum absolute atomic E-state index is 10.6. The Hall–Kier alpha value is -1.36. The second-order valence-electron chi connectivity index (χ2n) is 1.65. The van der Waals surface area contributed by atoms with E-state index in [9.17, 15) is 4.79 Å². The first kappa shape index (κ1) is 7.74. The first-order chi connectivity index (χ1) is 5.33. The van der Waals surface area contributed by atoms with Gasteiger partial charge < -0.3 is 5.21 Å². The van der Waals surface area contributed by atoms with Gasteiger partial charge in [0.2, 0.25) is 0 Å². The number of hydrogen-bond acceptors (Lipinski definition) is 4. The Kier molecular flexibility index (Phi) is 2.62. The highest BCUT2D eigenvalue weighted by molar-refractivity contribution is 7.13. The lowest BCUT2D eigenvalue weighted by molar-refractivity contribution is -0.113. The van der Waals surface area contributed by atoms with Crippen molar-refractivity contribution in [1.29, 1.82) is 0 Å². The van der Waals surface area contributed by atoms with Crippen LogP contribution in [0.4, 0.5) is 5.00 Å². The van der Waals surface area contributed by atoms with Crippen molar-refractivity contribution in [1.82, 2.24) is 5.32 Å². The van der Waals surface area contributed by atoms with Gasteiger partial charge in [0.1, 0.15) is 11.2 Å². The molecule has 0 bridgehead atoms. The molecule has 1 aromatic heterocycles. The second-order valence-corrected chi connectivity index (χ2v) is 2.57. The fourth-order valence-corrected chi connectivity index (χ4v) is 1.12. The zero-order valence-corrected chi connectivity index (χ0v) is 6.28. The molecule has 1 amide bonds. The Labute approximate surface area is 67.2 Å². The number of oxime groups is 1. The Balaban J connectivity index is 2.50. The van der Waals surface area contributed by atoms with Gasteiger partial charge in [-0.15, -0.1) is 11.3 Å². The summed E-state index contributed by atoms with van der Waals surface area (Å²) in [6.07, 6.45) is 0.750. The molecule has 1 radical (unpaired) electrons. The molecule has 0 spiro atoms. The van der Waals surface area contributed by atoms with Crippen molar-refractivity contribution in [2.45, 2.75) is 0 Å². The predicted octanol–water partition coefficient (Wildman–Crippen LogP) is 0.971. The van der Waals surface area contributed by atoms with E-state index in [0.717, 1.165) is 6.21 Å². The normalized spacial score (nSPS) is 10.2. The lowest BCUT2D eigenvalue weighted by atomic mass is 10.6. The van der Waals surface area contributed by atoms with Crippen LogP contribution in [0, 0.1) is 0 Å². The first-order valence-electron chi connectivity index (χ1n) is 2.79. The van der Waals surface area contributed by atoms with E-state index in [2.05, 4.69) is 10.5 Å². The second kappa shape index (κ2) is 3.72. The van der Waals surface area contributed by atoms with Crippen LogP contribution >= 0.6 is 11.3 Å². The molecule has 0 unspecified atom stereocenters. The average molecular weight is 169 g/mol. The largest absolute Gasteiger partial charge is 0.411 e. The fraction of sp³-hybridized carbons (Fsp3) is 0. The highest BCUT2D eigenvalue weighted by Crippen LogP contribution is 2.14. The van der Waals surface area contributed by atoms with Crippen LogP contribution < -0.4 is 5.32 Å². The summed E-state index contributed by atoms with van der Waals surface area (Å²) in [7, 11) is 0. The van der Waals surface area contributed by atoms with E-state index in [1.807, 2.05) is 5.38 Å². The minimum Gasteiger partial charge on any atom is -0.411 e. The van der Waals surface area contributed by atoms with Gasteiger partial charge in [-0.1, -0.05) is 5.16 Å². The van der Waals surface area contributed by atoms with Crippen molar-refractivity contribution in [3.05, 3.63) is 17.5 Å². The van der Waals surface area contributed by atoms with E-state index in [1.54, 1.807) is 12.1 Å². The highest BCUT2D eigenvalue weighted by Gasteiger charge is 2.00. The van der Waals surface area contributed by atoms with E-state index in [-0.39, 0.29) is 0 Å². The van der Waals surface area contributed by atoms with Crippen LogP contribution in [0.3, 0.4) is 0 Å². The Morgan fingerprint density at radius 2 is 2.55 bits per heavy atom. The molecule has 0 aliphatic heterocycles. The molecule has 5 heteroatoms. The molecule has 0 saturated carbocycles. The average Bonchev–Trinajstić information content (AvgIpc) is 2.40. The lowest BCUT2D eigenvalue weighted by Crippen LogP contribution is -2.09. The SMILES string of the molecule is O=C(C=NO)[N]c1cccs1. The van der Waals surface area contributed by atoms with Gasteiger partial charge in [-0.2, -0.15) is 5.32 Å². The van der Waals surface area contributed by atoms with Gasteiger partial charge in [0.25, 0.3) is 5.91 Å². The van der Waals surface area contributed by atoms with Crippen LogP contribution in [0.15, 0.2) is 22.7 Å². The van der Waals surface area contributed by atoms with Crippen molar-refractivity contribution in [2.24, 2.45) is 5.16 Å². The zero-order chi connectivity index (χ0) is 8.10. The van der Waals surface area contributed by atoms with Crippen molar-refractivity contribution in [3.8, 4) is 0 Å². The highest BCUT2D eigenvalue weighted by atomic mass is 32.1. The van der Waals surface area contributed by atoms with E-state index >= 15 is 0 Å². The number of nitrogens with zero attached hydrogens (tertiary/aromatic N) is 2. The van der Waals surface area contributed by atoms with Crippen molar-refractivity contribution >= 4 is 28.5 Å². The third-order valence-corrected chi connectivity index (χ3v) is 1.66. The maximum Gasteiger partial charge on any atom is 0.292 e. The third kappa shape index (κ3) is 2.38. The monoisotopic (exact) mass is 169 g/mol. The molecule has 0 atom stereocenters. The van der Waals surface area contributed by atoms with Gasteiger partial charge in [-0.05, 0) is 17.5 Å².